The summed E-state index contributed by atoms with van der Waals surface area (Å²) in [5, 5.41) is 0.0700. The molecule has 0 saturated heterocycles. The van der Waals surface area contributed by atoms with Crippen molar-refractivity contribution in [2.75, 3.05) is 12.8 Å². The van der Waals surface area contributed by atoms with Crippen molar-refractivity contribution in [3.8, 4) is 11.5 Å². The second-order valence-corrected chi connectivity index (χ2v) is 4.32. The molecule has 0 aliphatic rings. The zero-order chi connectivity index (χ0) is 13.8. The first-order valence-electron chi connectivity index (χ1n) is 5.61. The van der Waals surface area contributed by atoms with E-state index < -0.39 is 5.82 Å². The topological polar surface area (TPSA) is 44.5 Å². The first-order chi connectivity index (χ1) is 9.11. The first kappa shape index (κ1) is 13.5. The van der Waals surface area contributed by atoms with Gasteiger partial charge in [0, 0.05) is 17.3 Å². The maximum Gasteiger partial charge on any atom is 0.163 e. The van der Waals surface area contributed by atoms with Gasteiger partial charge in [-0.2, -0.15) is 0 Å². The molecule has 100 valence electrons. The van der Waals surface area contributed by atoms with Gasteiger partial charge in [-0.05, 0) is 18.2 Å². The monoisotopic (exact) mass is 281 g/mol. The highest BCUT2D eigenvalue weighted by molar-refractivity contribution is 6.30. The Hall–Kier alpha value is -1.94. The van der Waals surface area contributed by atoms with Crippen molar-refractivity contribution in [2.45, 2.75) is 6.61 Å². The molecule has 0 aliphatic carbocycles. The summed E-state index contributed by atoms with van der Waals surface area (Å²) < 4.78 is 24.4. The molecule has 0 unspecified atom stereocenters. The zero-order valence-corrected chi connectivity index (χ0v) is 11.1. The van der Waals surface area contributed by atoms with E-state index in [-0.39, 0.29) is 11.6 Å². The minimum absolute atomic E-state index is 0.0478. The Morgan fingerprint density at radius 3 is 2.74 bits per heavy atom. The molecule has 0 amide bonds. The van der Waals surface area contributed by atoms with E-state index in [9.17, 15) is 4.39 Å². The third-order valence-electron chi connectivity index (χ3n) is 2.60. The molecule has 0 spiro atoms. The van der Waals surface area contributed by atoms with Crippen LogP contribution in [0.3, 0.4) is 0 Å². The van der Waals surface area contributed by atoms with Gasteiger partial charge in [-0.25, -0.2) is 4.39 Å². The predicted molar refractivity (Wildman–Crippen MR) is 73.1 cm³/mol. The maximum absolute atomic E-state index is 13.7. The van der Waals surface area contributed by atoms with Crippen LogP contribution in [0.1, 0.15) is 5.56 Å². The third-order valence-corrected chi connectivity index (χ3v) is 2.89. The van der Waals surface area contributed by atoms with Crippen LogP contribution in [0.5, 0.6) is 11.5 Å². The predicted octanol–water partition coefficient (Wildman–Crippen LogP) is 3.65. The SMILES string of the molecule is COc1ccc(N)cc1OCc1cccc(Cl)c1F. The molecule has 2 aromatic carbocycles. The van der Waals surface area contributed by atoms with E-state index in [2.05, 4.69) is 0 Å². The van der Waals surface area contributed by atoms with E-state index in [0.717, 1.165) is 0 Å². The van der Waals surface area contributed by atoms with Crippen molar-refractivity contribution >= 4 is 17.3 Å². The van der Waals surface area contributed by atoms with Crippen LogP contribution in [0.15, 0.2) is 36.4 Å². The lowest BCUT2D eigenvalue weighted by Crippen LogP contribution is -2.01. The molecule has 0 radical (unpaired) electrons. The van der Waals surface area contributed by atoms with Gasteiger partial charge >= 0.3 is 0 Å². The quantitative estimate of drug-likeness (QED) is 0.870. The van der Waals surface area contributed by atoms with Crippen LogP contribution in [0.2, 0.25) is 5.02 Å². The van der Waals surface area contributed by atoms with Crippen LogP contribution >= 0.6 is 11.6 Å². The lowest BCUT2D eigenvalue weighted by Gasteiger charge is -2.12. The molecule has 0 aliphatic heterocycles. The van der Waals surface area contributed by atoms with Gasteiger partial charge < -0.3 is 15.2 Å². The second-order valence-electron chi connectivity index (χ2n) is 3.91. The standard InChI is InChI=1S/C14H13ClFNO2/c1-18-12-6-5-10(17)7-13(12)19-8-9-3-2-4-11(15)14(9)16/h2-7H,8,17H2,1H3. The van der Waals surface area contributed by atoms with Gasteiger partial charge in [0.25, 0.3) is 0 Å². The summed E-state index contributed by atoms with van der Waals surface area (Å²) in [5.74, 6) is 0.519. The minimum atomic E-state index is -0.480. The van der Waals surface area contributed by atoms with Gasteiger partial charge in [0.1, 0.15) is 12.4 Å². The van der Waals surface area contributed by atoms with Crippen LogP contribution < -0.4 is 15.2 Å². The van der Waals surface area contributed by atoms with Crippen molar-refractivity contribution in [1.29, 1.82) is 0 Å². The number of nitrogens with two attached hydrogens (primary N) is 1. The summed E-state index contributed by atoms with van der Waals surface area (Å²) in [7, 11) is 1.53. The lowest BCUT2D eigenvalue weighted by atomic mass is 10.2. The highest BCUT2D eigenvalue weighted by Gasteiger charge is 2.09. The van der Waals surface area contributed by atoms with Crippen molar-refractivity contribution in [2.24, 2.45) is 0 Å². The molecule has 0 atom stereocenters. The zero-order valence-electron chi connectivity index (χ0n) is 10.3. The number of benzene rings is 2. The van der Waals surface area contributed by atoms with Crippen LogP contribution in [0, 0.1) is 5.82 Å². The van der Waals surface area contributed by atoms with Gasteiger partial charge in [-0.3, -0.25) is 0 Å². The lowest BCUT2D eigenvalue weighted by molar-refractivity contribution is 0.280. The highest BCUT2D eigenvalue weighted by atomic mass is 35.5. The number of hydrogen-bond acceptors (Lipinski definition) is 3. The number of ether oxygens (including phenoxy) is 2. The van der Waals surface area contributed by atoms with Gasteiger partial charge in [0.2, 0.25) is 0 Å². The van der Waals surface area contributed by atoms with Gasteiger partial charge in [-0.1, -0.05) is 23.7 Å². The molecule has 0 aromatic heterocycles. The van der Waals surface area contributed by atoms with Crippen LogP contribution in [-0.2, 0) is 6.61 Å². The number of halogens is 2. The molecule has 3 nitrogen and oxygen atoms in total. The highest BCUT2D eigenvalue weighted by Crippen LogP contribution is 2.30. The molecule has 19 heavy (non-hydrogen) atoms. The third kappa shape index (κ3) is 3.09. The second kappa shape index (κ2) is 5.80. The number of methoxy groups -OCH3 is 1. The Morgan fingerprint density at radius 2 is 2.00 bits per heavy atom. The Bertz CT molecular complexity index is 590. The molecule has 2 aromatic rings. The summed E-state index contributed by atoms with van der Waals surface area (Å²) in [6.07, 6.45) is 0. The maximum atomic E-state index is 13.7. The molecule has 2 N–H and O–H groups in total. The summed E-state index contributed by atoms with van der Waals surface area (Å²) in [5.41, 5.74) is 6.59. The smallest absolute Gasteiger partial charge is 0.163 e. The molecule has 0 heterocycles. The van der Waals surface area contributed by atoms with Gasteiger partial charge in [-0.15, -0.1) is 0 Å². The number of hydrogen-bond donors (Lipinski definition) is 1. The van der Waals surface area contributed by atoms with E-state index in [1.54, 1.807) is 30.3 Å². The summed E-state index contributed by atoms with van der Waals surface area (Å²) >= 11 is 5.70. The largest absolute Gasteiger partial charge is 0.493 e. The molecule has 0 fully saturated rings. The average Bonchev–Trinajstić information content (AvgIpc) is 2.40. The van der Waals surface area contributed by atoms with Gasteiger partial charge in [0.05, 0.1) is 12.1 Å². The van der Waals surface area contributed by atoms with Crippen molar-refractivity contribution in [1.82, 2.24) is 0 Å². The van der Waals surface area contributed by atoms with Crippen LogP contribution in [-0.4, -0.2) is 7.11 Å². The first-order valence-corrected chi connectivity index (χ1v) is 5.99. The molecule has 0 bridgehead atoms. The van der Waals surface area contributed by atoms with Crippen molar-refractivity contribution < 1.29 is 13.9 Å². The fraction of sp³-hybridized carbons (Fsp3) is 0.143. The summed E-state index contributed by atoms with van der Waals surface area (Å²) in [4.78, 5) is 0. The Kier molecular flexibility index (Phi) is 4.12. The Balaban J connectivity index is 2.18. The van der Waals surface area contributed by atoms with E-state index >= 15 is 0 Å². The summed E-state index contributed by atoms with van der Waals surface area (Å²) in [6.45, 7) is 0.0478. The molecular weight excluding hydrogens is 269 g/mol. The Labute approximate surface area is 115 Å². The number of anilines is 1. The molecule has 2 rings (SSSR count). The Morgan fingerprint density at radius 1 is 1.21 bits per heavy atom. The molecule has 0 saturated carbocycles. The van der Waals surface area contributed by atoms with E-state index in [1.165, 1.54) is 13.2 Å². The van der Waals surface area contributed by atoms with Crippen LogP contribution in [0.25, 0.3) is 0 Å². The molecule has 5 heteroatoms. The number of nitrogen functional groups attached to an aromatic ring is 1. The van der Waals surface area contributed by atoms with E-state index in [0.29, 0.717) is 22.7 Å². The summed E-state index contributed by atoms with van der Waals surface area (Å²) in [6, 6.07) is 9.79. The molecular formula is C14H13ClFNO2. The van der Waals surface area contributed by atoms with Crippen molar-refractivity contribution in [3.05, 3.63) is 52.8 Å². The van der Waals surface area contributed by atoms with Crippen LogP contribution in [0.4, 0.5) is 10.1 Å². The average molecular weight is 282 g/mol. The van der Waals surface area contributed by atoms with E-state index in [1.807, 2.05) is 0 Å². The fourth-order valence-electron chi connectivity index (χ4n) is 1.62. The van der Waals surface area contributed by atoms with Crippen molar-refractivity contribution in [3.63, 3.8) is 0 Å². The normalized spacial score (nSPS) is 10.3. The number of rotatable bonds is 4. The van der Waals surface area contributed by atoms with Gasteiger partial charge in [0.15, 0.2) is 11.5 Å². The fourth-order valence-corrected chi connectivity index (χ4v) is 1.82. The minimum Gasteiger partial charge on any atom is -0.493 e. The van der Waals surface area contributed by atoms with E-state index in [4.69, 9.17) is 26.8 Å².